The molecule has 18 heavy (non-hydrogen) atoms. The van der Waals surface area contributed by atoms with Gasteiger partial charge in [0.1, 0.15) is 0 Å². The Morgan fingerprint density at radius 3 is 2.94 bits per heavy atom. The third kappa shape index (κ3) is 3.31. The van der Waals surface area contributed by atoms with E-state index in [0.29, 0.717) is 11.5 Å². The highest BCUT2D eigenvalue weighted by Crippen LogP contribution is 2.34. The second-order valence-corrected chi connectivity index (χ2v) is 6.80. The molecule has 2 rings (SSSR count). The van der Waals surface area contributed by atoms with Crippen LogP contribution in [-0.4, -0.2) is 22.1 Å². The van der Waals surface area contributed by atoms with Gasteiger partial charge < -0.3 is 9.88 Å². The molecular formula is C14H22N2OS. The molecule has 0 saturated carbocycles. The van der Waals surface area contributed by atoms with Gasteiger partial charge in [-0.05, 0) is 30.6 Å². The fourth-order valence-corrected chi connectivity index (χ4v) is 3.73. The van der Waals surface area contributed by atoms with E-state index >= 15 is 0 Å². The van der Waals surface area contributed by atoms with E-state index in [9.17, 15) is 4.79 Å². The summed E-state index contributed by atoms with van der Waals surface area (Å²) in [4.78, 5) is 11.5. The number of thioether (sulfide) groups is 1. The van der Waals surface area contributed by atoms with Crippen LogP contribution in [0.15, 0.2) is 23.1 Å². The minimum absolute atomic E-state index is 0.0707. The van der Waals surface area contributed by atoms with Gasteiger partial charge in [0.2, 0.25) is 0 Å². The summed E-state index contributed by atoms with van der Waals surface area (Å²) >= 11 is 2.01. The summed E-state index contributed by atoms with van der Waals surface area (Å²) in [5, 5.41) is 3.56. The van der Waals surface area contributed by atoms with Crippen LogP contribution >= 0.6 is 11.8 Å². The zero-order valence-electron chi connectivity index (χ0n) is 11.4. The van der Waals surface area contributed by atoms with Crippen molar-refractivity contribution in [2.24, 2.45) is 5.41 Å². The fourth-order valence-electron chi connectivity index (χ4n) is 2.45. The first-order chi connectivity index (χ1) is 8.50. The summed E-state index contributed by atoms with van der Waals surface area (Å²) in [5.74, 6) is 2.38. The lowest BCUT2D eigenvalue weighted by Crippen LogP contribution is -2.35. The molecular weight excluding hydrogens is 244 g/mol. The molecule has 0 aromatic carbocycles. The molecule has 0 spiro atoms. The molecule has 3 nitrogen and oxygen atoms in total. The van der Waals surface area contributed by atoms with Crippen LogP contribution in [0.2, 0.25) is 0 Å². The van der Waals surface area contributed by atoms with Crippen molar-refractivity contribution in [3.63, 3.8) is 0 Å². The molecule has 0 aliphatic carbocycles. The summed E-state index contributed by atoms with van der Waals surface area (Å²) in [6.45, 7) is 7.35. The van der Waals surface area contributed by atoms with Gasteiger partial charge in [0.05, 0.1) is 5.69 Å². The van der Waals surface area contributed by atoms with Crippen LogP contribution < -0.4 is 10.9 Å². The third-order valence-corrected chi connectivity index (χ3v) is 4.93. The van der Waals surface area contributed by atoms with Crippen LogP contribution in [0.1, 0.15) is 27.2 Å². The van der Waals surface area contributed by atoms with Gasteiger partial charge in [-0.2, -0.15) is 11.8 Å². The number of pyridine rings is 1. The molecule has 1 aromatic rings. The molecule has 1 aromatic heterocycles. The van der Waals surface area contributed by atoms with Gasteiger partial charge in [-0.25, -0.2) is 0 Å². The molecule has 0 radical (unpaired) electrons. The number of nitrogens with one attached hydrogen (secondary N) is 1. The zero-order chi connectivity index (χ0) is 13.2. The van der Waals surface area contributed by atoms with Gasteiger partial charge in [0.25, 0.3) is 5.56 Å². The van der Waals surface area contributed by atoms with Gasteiger partial charge in [0, 0.05) is 30.6 Å². The van der Waals surface area contributed by atoms with Crippen molar-refractivity contribution < 1.29 is 0 Å². The van der Waals surface area contributed by atoms with E-state index in [4.69, 9.17) is 0 Å². The van der Waals surface area contributed by atoms with Crippen molar-refractivity contribution in [2.45, 2.75) is 39.8 Å². The van der Waals surface area contributed by atoms with Crippen molar-refractivity contribution in [3.8, 4) is 0 Å². The van der Waals surface area contributed by atoms with Crippen LogP contribution in [-0.2, 0) is 6.54 Å². The van der Waals surface area contributed by atoms with Crippen molar-refractivity contribution >= 4 is 17.4 Å². The van der Waals surface area contributed by atoms with Gasteiger partial charge in [-0.15, -0.1) is 0 Å². The monoisotopic (exact) mass is 266 g/mol. The minimum atomic E-state index is 0.0707. The first-order valence-electron chi connectivity index (χ1n) is 6.55. The van der Waals surface area contributed by atoms with E-state index in [0.717, 1.165) is 18.0 Å². The summed E-state index contributed by atoms with van der Waals surface area (Å²) in [7, 11) is 0. The van der Waals surface area contributed by atoms with Gasteiger partial charge in [-0.3, -0.25) is 4.79 Å². The average molecular weight is 266 g/mol. The topological polar surface area (TPSA) is 34.0 Å². The fraction of sp³-hybridized carbons (Fsp3) is 0.643. The average Bonchev–Trinajstić information content (AvgIpc) is 2.30. The van der Waals surface area contributed by atoms with Crippen LogP contribution in [0.4, 0.5) is 5.69 Å². The predicted molar refractivity (Wildman–Crippen MR) is 79.5 cm³/mol. The molecule has 1 saturated heterocycles. The lowest BCUT2D eigenvalue weighted by atomic mass is 9.88. The highest BCUT2D eigenvalue weighted by Gasteiger charge is 2.28. The van der Waals surface area contributed by atoms with E-state index in [2.05, 4.69) is 19.2 Å². The Labute approximate surface area is 113 Å². The first kappa shape index (κ1) is 13.5. The van der Waals surface area contributed by atoms with E-state index in [-0.39, 0.29) is 5.56 Å². The lowest BCUT2D eigenvalue weighted by Gasteiger charge is -2.35. The predicted octanol–water partition coefficient (Wildman–Crippen LogP) is 2.81. The lowest BCUT2D eigenvalue weighted by molar-refractivity contribution is 0.358. The molecule has 0 bridgehead atoms. The Morgan fingerprint density at radius 1 is 1.50 bits per heavy atom. The number of aryl methyl sites for hydroxylation is 1. The zero-order valence-corrected chi connectivity index (χ0v) is 12.2. The smallest absolute Gasteiger partial charge is 0.250 e. The van der Waals surface area contributed by atoms with Crippen LogP contribution in [0.5, 0.6) is 0 Å². The highest BCUT2D eigenvalue weighted by atomic mass is 32.2. The summed E-state index contributed by atoms with van der Waals surface area (Å²) in [6, 6.07) is 4.04. The van der Waals surface area contributed by atoms with E-state index in [1.54, 1.807) is 10.6 Å². The molecule has 1 aliphatic rings. The summed E-state index contributed by atoms with van der Waals surface area (Å²) in [6.07, 6.45) is 3.11. The minimum Gasteiger partial charge on any atom is -0.380 e. The maximum Gasteiger partial charge on any atom is 0.250 e. The molecule has 100 valence electrons. The van der Waals surface area contributed by atoms with Crippen LogP contribution in [0, 0.1) is 5.41 Å². The largest absolute Gasteiger partial charge is 0.380 e. The molecule has 1 N–H and O–H groups in total. The standard InChI is InChI=1S/C14H22N2OS/c1-4-16-8-11(5-6-13(16)17)15-12-7-14(2,3)10-18-9-12/h5-6,8,12,15H,4,7,9-10H2,1-3H3. The van der Waals surface area contributed by atoms with Crippen LogP contribution in [0.25, 0.3) is 0 Å². The Morgan fingerprint density at radius 2 is 2.28 bits per heavy atom. The summed E-state index contributed by atoms with van der Waals surface area (Å²) in [5.41, 5.74) is 1.53. The number of hydrogen-bond acceptors (Lipinski definition) is 3. The van der Waals surface area contributed by atoms with E-state index in [1.807, 2.05) is 30.9 Å². The molecule has 1 fully saturated rings. The normalized spacial score (nSPS) is 22.7. The molecule has 2 heterocycles. The van der Waals surface area contributed by atoms with E-state index in [1.165, 1.54) is 12.2 Å². The van der Waals surface area contributed by atoms with Crippen molar-refractivity contribution in [1.29, 1.82) is 0 Å². The van der Waals surface area contributed by atoms with Gasteiger partial charge in [-0.1, -0.05) is 13.8 Å². The Balaban J connectivity index is 2.07. The number of aromatic nitrogens is 1. The van der Waals surface area contributed by atoms with Gasteiger partial charge >= 0.3 is 0 Å². The number of rotatable bonds is 3. The highest BCUT2D eigenvalue weighted by molar-refractivity contribution is 7.99. The first-order valence-corrected chi connectivity index (χ1v) is 7.70. The van der Waals surface area contributed by atoms with Crippen molar-refractivity contribution in [2.75, 3.05) is 16.8 Å². The van der Waals surface area contributed by atoms with Crippen LogP contribution in [0.3, 0.4) is 0 Å². The molecule has 4 heteroatoms. The Hall–Kier alpha value is -0.900. The third-order valence-electron chi connectivity index (χ3n) is 3.31. The second-order valence-electron chi connectivity index (χ2n) is 5.77. The maximum atomic E-state index is 11.5. The molecule has 1 aliphatic heterocycles. The number of nitrogens with zero attached hydrogens (tertiary/aromatic N) is 1. The second kappa shape index (κ2) is 5.39. The quantitative estimate of drug-likeness (QED) is 0.913. The SMILES string of the molecule is CCn1cc(NC2CSCC(C)(C)C2)ccc1=O. The maximum absolute atomic E-state index is 11.5. The Bertz CT molecular complexity index is 467. The molecule has 0 amide bonds. The van der Waals surface area contributed by atoms with E-state index < -0.39 is 0 Å². The summed E-state index contributed by atoms with van der Waals surface area (Å²) < 4.78 is 1.74. The number of anilines is 1. The van der Waals surface area contributed by atoms with Crippen molar-refractivity contribution in [1.82, 2.24) is 4.57 Å². The number of hydrogen-bond donors (Lipinski definition) is 1. The molecule has 1 atom stereocenters. The van der Waals surface area contributed by atoms with Crippen molar-refractivity contribution in [3.05, 3.63) is 28.7 Å². The molecule has 1 unspecified atom stereocenters. The Kier molecular flexibility index (Phi) is 4.05. The van der Waals surface area contributed by atoms with Gasteiger partial charge in [0.15, 0.2) is 0 Å².